The van der Waals surface area contributed by atoms with Gasteiger partial charge in [-0.2, -0.15) is 0 Å². The number of hydrogen-bond acceptors (Lipinski definition) is 2. The summed E-state index contributed by atoms with van der Waals surface area (Å²) in [4.78, 5) is 16.9. The zero-order chi connectivity index (χ0) is 9.14. The number of aryl methyl sites for hydroxylation is 1. The molecule has 0 saturated heterocycles. The third-order valence-corrected chi connectivity index (χ3v) is 1.65. The fraction of sp³-hybridized carbons (Fsp3) is 0.500. The van der Waals surface area contributed by atoms with E-state index < -0.39 is 0 Å². The fourth-order valence-electron chi connectivity index (χ4n) is 0.962. The van der Waals surface area contributed by atoms with E-state index in [0.29, 0.717) is 5.82 Å². The molecule has 0 bridgehead atoms. The van der Waals surface area contributed by atoms with Gasteiger partial charge in [0.2, 0.25) is 0 Å². The number of hydrogen-bond donors (Lipinski definition) is 0. The molecular weight excluding hydrogens is 154 g/mol. The Labute approximate surface area is 71.8 Å². The van der Waals surface area contributed by atoms with E-state index in [1.165, 1.54) is 4.90 Å². The SMILES string of the molecule is CCn1ccnc1C(=O)N(C)C. The molecule has 0 N–H and O–H groups in total. The first-order chi connectivity index (χ1) is 5.66. The van der Waals surface area contributed by atoms with Gasteiger partial charge in [0, 0.05) is 33.0 Å². The molecule has 0 fully saturated rings. The molecule has 0 radical (unpaired) electrons. The second kappa shape index (κ2) is 3.38. The quantitative estimate of drug-likeness (QED) is 0.647. The Bertz CT molecular complexity index is 278. The minimum atomic E-state index is -0.0538. The zero-order valence-corrected chi connectivity index (χ0v) is 7.61. The Morgan fingerprint density at radius 3 is 2.83 bits per heavy atom. The topological polar surface area (TPSA) is 38.1 Å². The van der Waals surface area contributed by atoms with Gasteiger partial charge in [0.05, 0.1) is 0 Å². The Morgan fingerprint density at radius 1 is 1.67 bits per heavy atom. The summed E-state index contributed by atoms with van der Waals surface area (Å²) in [6.07, 6.45) is 3.44. The van der Waals surface area contributed by atoms with Crippen LogP contribution in [0.15, 0.2) is 12.4 Å². The van der Waals surface area contributed by atoms with E-state index in [9.17, 15) is 4.79 Å². The summed E-state index contributed by atoms with van der Waals surface area (Å²) in [6, 6.07) is 0. The molecule has 1 amide bonds. The number of amides is 1. The molecule has 0 aliphatic heterocycles. The smallest absolute Gasteiger partial charge is 0.289 e. The molecule has 4 nitrogen and oxygen atoms in total. The first-order valence-corrected chi connectivity index (χ1v) is 3.89. The Hall–Kier alpha value is -1.32. The van der Waals surface area contributed by atoms with Crippen molar-refractivity contribution in [3.8, 4) is 0 Å². The van der Waals surface area contributed by atoms with E-state index in [-0.39, 0.29) is 5.91 Å². The Balaban J connectivity index is 2.94. The van der Waals surface area contributed by atoms with E-state index in [4.69, 9.17) is 0 Å². The van der Waals surface area contributed by atoms with E-state index in [0.717, 1.165) is 6.54 Å². The Kier molecular flexibility index (Phi) is 2.47. The molecular formula is C8H13N3O. The summed E-state index contributed by atoms with van der Waals surface area (Å²) >= 11 is 0. The minimum absolute atomic E-state index is 0.0538. The maximum Gasteiger partial charge on any atom is 0.289 e. The normalized spacial score (nSPS) is 9.92. The van der Waals surface area contributed by atoms with Crippen molar-refractivity contribution < 1.29 is 4.79 Å². The van der Waals surface area contributed by atoms with Crippen molar-refractivity contribution in [2.24, 2.45) is 0 Å². The van der Waals surface area contributed by atoms with E-state index in [2.05, 4.69) is 4.98 Å². The van der Waals surface area contributed by atoms with Gasteiger partial charge in [0.15, 0.2) is 5.82 Å². The number of aromatic nitrogens is 2. The summed E-state index contributed by atoms with van der Waals surface area (Å²) in [5.74, 6) is 0.448. The molecule has 12 heavy (non-hydrogen) atoms. The third kappa shape index (κ3) is 1.47. The first-order valence-electron chi connectivity index (χ1n) is 3.89. The third-order valence-electron chi connectivity index (χ3n) is 1.65. The summed E-state index contributed by atoms with van der Waals surface area (Å²) in [5.41, 5.74) is 0. The maximum atomic E-state index is 11.4. The van der Waals surface area contributed by atoms with Crippen molar-refractivity contribution in [3.63, 3.8) is 0 Å². The maximum absolute atomic E-state index is 11.4. The van der Waals surface area contributed by atoms with E-state index in [1.807, 2.05) is 11.5 Å². The summed E-state index contributed by atoms with van der Waals surface area (Å²) in [7, 11) is 3.44. The van der Waals surface area contributed by atoms with Crippen molar-refractivity contribution in [1.82, 2.24) is 14.5 Å². The summed E-state index contributed by atoms with van der Waals surface area (Å²) in [6.45, 7) is 2.75. The zero-order valence-electron chi connectivity index (χ0n) is 7.61. The van der Waals surface area contributed by atoms with Crippen LogP contribution in [-0.4, -0.2) is 34.5 Å². The predicted octanol–water partition coefficient (Wildman–Crippen LogP) is 0.605. The molecule has 0 spiro atoms. The van der Waals surface area contributed by atoms with Crippen molar-refractivity contribution >= 4 is 5.91 Å². The van der Waals surface area contributed by atoms with Crippen LogP contribution in [0.3, 0.4) is 0 Å². The van der Waals surface area contributed by atoms with Crippen LogP contribution in [0.25, 0.3) is 0 Å². The van der Waals surface area contributed by atoms with Gasteiger partial charge in [0.25, 0.3) is 5.91 Å². The van der Waals surface area contributed by atoms with Gasteiger partial charge in [-0.25, -0.2) is 4.98 Å². The van der Waals surface area contributed by atoms with Crippen LogP contribution in [0, 0.1) is 0 Å². The van der Waals surface area contributed by atoms with Crippen molar-refractivity contribution in [3.05, 3.63) is 18.2 Å². The highest BCUT2D eigenvalue weighted by atomic mass is 16.2. The predicted molar refractivity (Wildman–Crippen MR) is 45.9 cm³/mol. The molecule has 0 atom stereocenters. The van der Waals surface area contributed by atoms with Crippen LogP contribution < -0.4 is 0 Å². The average Bonchev–Trinajstić information content (AvgIpc) is 2.49. The van der Waals surface area contributed by atoms with Crippen LogP contribution in [0.1, 0.15) is 17.5 Å². The molecule has 1 rings (SSSR count). The van der Waals surface area contributed by atoms with Gasteiger partial charge in [0.1, 0.15) is 0 Å². The molecule has 0 unspecified atom stereocenters. The lowest BCUT2D eigenvalue weighted by Gasteiger charge is -2.10. The van der Waals surface area contributed by atoms with Gasteiger partial charge >= 0.3 is 0 Å². The molecule has 0 aliphatic rings. The average molecular weight is 167 g/mol. The van der Waals surface area contributed by atoms with Crippen LogP contribution in [0.5, 0.6) is 0 Å². The van der Waals surface area contributed by atoms with Gasteiger partial charge in [-0.3, -0.25) is 4.79 Å². The minimum Gasteiger partial charge on any atom is -0.342 e. The van der Waals surface area contributed by atoms with Crippen molar-refractivity contribution in [2.75, 3.05) is 14.1 Å². The lowest BCUT2D eigenvalue weighted by molar-refractivity contribution is 0.0811. The van der Waals surface area contributed by atoms with Gasteiger partial charge in [-0.1, -0.05) is 0 Å². The molecule has 4 heteroatoms. The lowest BCUT2D eigenvalue weighted by atomic mass is 10.5. The summed E-state index contributed by atoms with van der Waals surface area (Å²) in [5, 5.41) is 0. The monoisotopic (exact) mass is 167 g/mol. The molecule has 1 heterocycles. The van der Waals surface area contributed by atoms with Gasteiger partial charge in [-0.15, -0.1) is 0 Å². The number of carbonyl (C=O) groups is 1. The van der Waals surface area contributed by atoms with Crippen molar-refractivity contribution in [1.29, 1.82) is 0 Å². The van der Waals surface area contributed by atoms with E-state index >= 15 is 0 Å². The van der Waals surface area contributed by atoms with Crippen LogP contribution in [0.4, 0.5) is 0 Å². The van der Waals surface area contributed by atoms with Crippen LogP contribution in [-0.2, 0) is 6.54 Å². The second-order valence-corrected chi connectivity index (χ2v) is 2.74. The standard InChI is InChI=1S/C8H13N3O/c1-4-11-6-5-9-7(11)8(12)10(2)3/h5-6H,4H2,1-3H3. The van der Waals surface area contributed by atoms with Gasteiger partial charge < -0.3 is 9.47 Å². The molecule has 0 aliphatic carbocycles. The molecule has 1 aromatic heterocycles. The largest absolute Gasteiger partial charge is 0.342 e. The fourth-order valence-corrected chi connectivity index (χ4v) is 0.962. The molecule has 0 saturated carbocycles. The molecule has 1 aromatic rings. The van der Waals surface area contributed by atoms with Crippen LogP contribution >= 0.6 is 0 Å². The number of imidazole rings is 1. The lowest BCUT2D eigenvalue weighted by Crippen LogP contribution is -2.25. The first kappa shape index (κ1) is 8.77. The van der Waals surface area contributed by atoms with E-state index in [1.54, 1.807) is 26.5 Å². The number of rotatable bonds is 2. The summed E-state index contributed by atoms with van der Waals surface area (Å²) < 4.78 is 1.82. The highest BCUT2D eigenvalue weighted by Gasteiger charge is 2.12. The second-order valence-electron chi connectivity index (χ2n) is 2.74. The number of nitrogens with zero attached hydrogens (tertiary/aromatic N) is 3. The highest BCUT2D eigenvalue weighted by molar-refractivity contribution is 5.90. The van der Waals surface area contributed by atoms with Crippen LogP contribution in [0.2, 0.25) is 0 Å². The Morgan fingerprint density at radius 2 is 2.33 bits per heavy atom. The molecule has 66 valence electrons. The molecule has 0 aromatic carbocycles. The van der Waals surface area contributed by atoms with Crippen molar-refractivity contribution in [2.45, 2.75) is 13.5 Å². The highest BCUT2D eigenvalue weighted by Crippen LogP contribution is 1.99. The number of carbonyl (C=O) groups excluding carboxylic acids is 1. The van der Waals surface area contributed by atoms with Gasteiger partial charge in [-0.05, 0) is 6.92 Å².